The van der Waals surface area contributed by atoms with Crippen molar-refractivity contribution in [2.45, 2.75) is 12.0 Å². The van der Waals surface area contributed by atoms with Gasteiger partial charge in [0.25, 0.3) is 0 Å². The standard InChI is InChI=1S/C22H18N2O2/c23-16-15-21(25)24-20-14-8-7-13-19(20)22(26,17-9-3-1-4-10-17)18-11-5-2-6-12-18/h1-14,26H,15H2,(H,24,25). The van der Waals surface area contributed by atoms with Crippen molar-refractivity contribution in [3.8, 4) is 6.07 Å². The van der Waals surface area contributed by atoms with Crippen molar-refractivity contribution in [3.63, 3.8) is 0 Å². The Morgan fingerprint density at radius 2 is 1.38 bits per heavy atom. The van der Waals surface area contributed by atoms with Crippen LogP contribution < -0.4 is 5.32 Å². The lowest BCUT2D eigenvalue weighted by Gasteiger charge is -2.32. The van der Waals surface area contributed by atoms with Gasteiger partial charge in [0.2, 0.25) is 5.91 Å². The quantitative estimate of drug-likeness (QED) is 0.692. The van der Waals surface area contributed by atoms with Crippen molar-refractivity contribution in [2.75, 3.05) is 5.32 Å². The molecule has 0 saturated carbocycles. The minimum atomic E-state index is -1.45. The Morgan fingerprint density at radius 1 is 0.885 bits per heavy atom. The van der Waals surface area contributed by atoms with E-state index in [4.69, 9.17) is 5.26 Å². The molecule has 0 atom stereocenters. The normalized spacial score (nSPS) is 10.8. The summed E-state index contributed by atoms with van der Waals surface area (Å²) in [6.07, 6.45) is -0.247. The first-order valence-corrected chi connectivity index (χ1v) is 8.26. The van der Waals surface area contributed by atoms with Crippen molar-refractivity contribution >= 4 is 11.6 Å². The minimum absolute atomic E-state index is 0.247. The van der Waals surface area contributed by atoms with Gasteiger partial charge in [0, 0.05) is 11.3 Å². The number of carbonyl (C=O) groups is 1. The molecule has 128 valence electrons. The highest BCUT2D eigenvalue weighted by Gasteiger charge is 2.35. The van der Waals surface area contributed by atoms with Crippen molar-refractivity contribution in [2.24, 2.45) is 0 Å². The third-order valence-corrected chi connectivity index (χ3v) is 4.21. The first-order chi connectivity index (χ1) is 12.7. The molecule has 1 amide bonds. The summed E-state index contributed by atoms with van der Waals surface area (Å²) in [5.74, 6) is -0.413. The van der Waals surface area contributed by atoms with Gasteiger partial charge in [-0.1, -0.05) is 78.9 Å². The average molecular weight is 342 g/mol. The molecule has 0 aromatic heterocycles. The second-order valence-electron chi connectivity index (χ2n) is 5.87. The van der Waals surface area contributed by atoms with E-state index in [1.165, 1.54) is 0 Å². The summed E-state index contributed by atoms with van der Waals surface area (Å²) in [4.78, 5) is 11.9. The molecule has 0 aliphatic carbocycles. The highest BCUT2D eigenvalue weighted by atomic mass is 16.3. The number of anilines is 1. The molecule has 0 aliphatic rings. The van der Waals surface area contributed by atoms with Gasteiger partial charge in [-0.3, -0.25) is 4.79 Å². The third-order valence-electron chi connectivity index (χ3n) is 4.21. The van der Waals surface area contributed by atoms with Crippen LogP contribution in [-0.2, 0) is 10.4 Å². The molecule has 4 nitrogen and oxygen atoms in total. The predicted octanol–water partition coefficient (Wildman–Crippen LogP) is 3.82. The maximum absolute atomic E-state index is 11.9. The molecule has 0 fully saturated rings. The number of nitrogens with one attached hydrogen (secondary N) is 1. The molecular weight excluding hydrogens is 324 g/mol. The summed E-state index contributed by atoms with van der Waals surface area (Å²) in [6, 6.07) is 27.5. The summed E-state index contributed by atoms with van der Waals surface area (Å²) < 4.78 is 0. The Kier molecular flexibility index (Phi) is 5.12. The number of hydrogen-bond acceptors (Lipinski definition) is 3. The molecule has 2 N–H and O–H groups in total. The number of nitrogens with zero attached hydrogens (tertiary/aromatic N) is 1. The zero-order valence-corrected chi connectivity index (χ0v) is 14.1. The first kappa shape index (κ1) is 17.4. The van der Waals surface area contributed by atoms with E-state index in [2.05, 4.69) is 5.32 Å². The maximum atomic E-state index is 11.9. The Balaban J connectivity index is 2.19. The van der Waals surface area contributed by atoms with Crippen LogP contribution in [0.5, 0.6) is 0 Å². The summed E-state index contributed by atoms with van der Waals surface area (Å²) >= 11 is 0. The zero-order valence-electron chi connectivity index (χ0n) is 14.1. The number of rotatable bonds is 5. The largest absolute Gasteiger partial charge is 0.376 e. The average Bonchev–Trinajstić information content (AvgIpc) is 2.69. The van der Waals surface area contributed by atoms with Gasteiger partial charge in [0.1, 0.15) is 12.0 Å². The van der Waals surface area contributed by atoms with Crippen molar-refractivity contribution in [1.82, 2.24) is 0 Å². The SMILES string of the molecule is N#CCC(=O)Nc1ccccc1C(O)(c1ccccc1)c1ccccc1. The lowest BCUT2D eigenvalue weighted by molar-refractivity contribution is -0.115. The predicted molar refractivity (Wildman–Crippen MR) is 100 cm³/mol. The summed E-state index contributed by atoms with van der Waals surface area (Å²) in [5, 5.41) is 23.3. The number of carbonyl (C=O) groups excluding carboxylic acids is 1. The van der Waals surface area contributed by atoms with Gasteiger partial charge in [0.15, 0.2) is 0 Å². The zero-order chi connectivity index (χ0) is 18.4. The molecule has 3 aromatic carbocycles. The van der Waals surface area contributed by atoms with E-state index >= 15 is 0 Å². The maximum Gasteiger partial charge on any atom is 0.238 e. The molecule has 0 saturated heterocycles. The second-order valence-corrected chi connectivity index (χ2v) is 5.87. The molecule has 0 heterocycles. The Bertz CT molecular complexity index is 892. The first-order valence-electron chi connectivity index (χ1n) is 8.26. The van der Waals surface area contributed by atoms with Crippen LogP contribution in [0.25, 0.3) is 0 Å². The molecule has 0 bridgehead atoms. The number of aliphatic hydroxyl groups is 1. The van der Waals surface area contributed by atoms with E-state index in [-0.39, 0.29) is 6.42 Å². The number of nitriles is 1. The fraction of sp³-hybridized carbons (Fsp3) is 0.0909. The highest BCUT2D eigenvalue weighted by molar-refractivity contribution is 5.93. The van der Waals surface area contributed by atoms with Gasteiger partial charge >= 0.3 is 0 Å². The van der Waals surface area contributed by atoms with Crippen LogP contribution in [0.2, 0.25) is 0 Å². The van der Waals surface area contributed by atoms with E-state index in [0.29, 0.717) is 22.4 Å². The number of para-hydroxylation sites is 1. The molecule has 4 heteroatoms. The molecule has 0 spiro atoms. The molecule has 3 aromatic rings. The molecule has 3 rings (SSSR count). The molecule has 0 unspecified atom stereocenters. The van der Waals surface area contributed by atoms with Crippen molar-refractivity contribution in [3.05, 3.63) is 102 Å². The summed E-state index contributed by atoms with van der Waals surface area (Å²) in [6.45, 7) is 0. The smallest absolute Gasteiger partial charge is 0.238 e. The van der Waals surface area contributed by atoms with Crippen LogP contribution in [0.3, 0.4) is 0 Å². The van der Waals surface area contributed by atoms with Gasteiger partial charge in [-0.25, -0.2) is 0 Å². The molecule has 26 heavy (non-hydrogen) atoms. The van der Waals surface area contributed by atoms with Gasteiger partial charge in [-0.15, -0.1) is 0 Å². The van der Waals surface area contributed by atoms with E-state index in [0.717, 1.165) is 0 Å². The number of benzene rings is 3. The Hall–Kier alpha value is -3.42. The van der Waals surface area contributed by atoms with Crippen molar-refractivity contribution in [1.29, 1.82) is 5.26 Å². The topological polar surface area (TPSA) is 73.1 Å². The molecule has 0 radical (unpaired) electrons. The van der Waals surface area contributed by atoms with E-state index in [1.807, 2.05) is 72.8 Å². The summed E-state index contributed by atoms with van der Waals surface area (Å²) in [5.41, 5.74) is 0.951. The fourth-order valence-corrected chi connectivity index (χ4v) is 3.01. The lowest BCUT2D eigenvalue weighted by atomic mass is 9.79. The van der Waals surface area contributed by atoms with Gasteiger partial charge in [-0.2, -0.15) is 5.26 Å². The molecular formula is C22H18N2O2. The van der Waals surface area contributed by atoms with E-state index in [9.17, 15) is 9.90 Å². The van der Waals surface area contributed by atoms with Crippen LogP contribution in [0.15, 0.2) is 84.9 Å². The minimum Gasteiger partial charge on any atom is -0.376 e. The van der Waals surface area contributed by atoms with E-state index < -0.39 is 11.5 Å². The fourth-order valence-electron chi connectivity index (χ4n) is 3.01. The number of hydrogen-bond donors (Lipinski definition) is 2. The monoisotopic (exact) mass is 342 g/mol. The highest BCUT2D eigenvalue weighted by Crippen LogP contribution is 2.40. The second kappa shape index (κ2) is 7.64. The van der Waals surface area contributed by atoms with Gasteiger partial charge in [0.05, 0.1) is 6.07 Å². The summed E-state index contributed by atoms with van der Waals surface area (Å²) in [7, 11) is 0. The van der Waals surface area contributed by atoms with Crippen LogP contribution in [0, 0.1) is 11.3 Å². The number of amides is 1. The third kappa shape index (κ3) is 3.34. The van der Waals surface area contributed by atoms with Crippen LogP contribution in [-0.4, -0.2) is 11.0 Å². The van der Waals surface area contributed by atoms with Gasteiger partial charge < -0.3 is 10.4 Å². The Labute approximate surface area is 152 Å². The van der Waals surface area contributed by atoms with Crippen molar-refractivity contribution < 1.29 is 9.90 Å². The molecule has 0 aliphatic heterocycles. The Morgan fingerprint density at radius 3 is 1.92 bits per heavy atom. The lowest BCUT2D eigenvalue weighted by Crippen LogP contribution is -2.30. The van der Waals surface area contributed by atoms with Crippen LogP contribution >= 0.6 is 0 Å². The van der Waals surface area contributed by atoms with E-state index in [1.54, 1.807) is 18.2 Å². The van der Waals surface area contributed by atoms with Crippen LogP contribution in [0.1, 0.15) is 23.1 Å². The van der Waals surface area contributed by atoms with Crippen LogP contribution in [0.4, 0.5) is 5.69 Å². The van der Waals surface area contributed by atoms with Gasteiger partial charge in [-0.05, 0) is 17.2 Å².